The summed E-state index contributed by atoms with van der Waals surface area (Å²) in [4.78, 5) is 23.5. The number of nitrogens with zero attached hydrogens (tertiary/aromatic N) is 1. The molecule has 2 saturated carbocycles. The lowest BCUT2D eigenvalue weighted by Gasteiger charge is -2.37. The normalized spacial score (nSPS) is 19.1. The van der Waals surface area contributed by atoms with E-state index in [1.54, 1.807) is 0 Å². The fourth-order valence-corrected chi connectivity index (χ4v) is 8.69. The number of ether oxygens (including phenoxy) is 4. The van der Waals surface area contributed by atoms with Crippen molar-refractivity contribution in [1.82, 2.24) is 10.2 Å². The Bertz CT molecular complexity index is 2000. The molecule has 2 aliphatic carbocycles. The molecule has 0 heterocycles. The first-order valence-corrected chi connectivity index (χ1v) is 23.1. The summed E-state index contributed by atoms with van der Waals surface area (Å²) in [5.41, 5.74) is 3.42. The predicted octanol–water partition coefficient (Wildman–Crippen LogP) is 12.5. The van der Waals surface area contributed by atoms with E-state index in [0.717, 1.165) is 68.4 Å². The van der Waals surface area contributed by atoms with Crippen LogP contribution >= 0.6 is 0 Å². The first-order chi connectivity index (χ1) is 29.5. The highest BCUT2D eigenvalue weighted by molar-refractivity contribution is 5.85. The molecule has 0 atom stereocenters. The number of carbonyl (C=O) groups is 2. The highest BCUT2D eigenvalue weighted by Crippen LogP contribution is 2.40. The van der Waals surface area contributed by atoms with Crippen molar-refractivity contribution in [3.05, 3.63) is 96.6 Å². The lowest BCUT2D eigenvalue weighted by Crippen LogP contribution is -2.30. The van der Waals surface area contributed by atoms with Crippen molar-refractivity contribution in [2.24, 2.45) is 22.7 Å². The molecule has 0 unspecified atom stereocenters. The summed E-state index contributed by atoms with van der Waals surface area (Å²) in [6.07, 6.45) is 12.0. The summed E-state index contributed by atoms with van der Waals surface area (Å²) in [6, 6.07) is 26.3. The quantitative estimate of drug-likeness (QED) is 0.0992. The average molecular weight is 851 g/mol. The van der Waals surface area contributed by atoms with Gasteiger partial charge in [0.05, 0.1) is 32.8 Å². The van der Waals surface area contributed by atoms with Crippen LogP contribution in [0.5, 0.6) is 11.5 Å². The molecule has 1 N–H and O–H groups in total. The number of esters is 2. The van der Waals surface area contributed by atoms with Gasteiger partial charge in [-0.25, -0.2) is 4.79 Å². The van der Waals surface area contributed by atoms with E-state index < -0.39 is 5.97 Å². The number of methoxy groups -OCH3 is 2. The van der Waals surface area contributed by atoms with Crippen LogP contribution in [-0.2, 0) is 32.2 Å². The second-order valence-electron chi connectivity index (χ2n) is 19.3. The van der Waals surface area contributed by atoms with Crippen molar-refractivity contribution >= 4 is 33.5 Å². The van der Waals surface area contributed by atoms with Gasteiger partial charge in [0.1, 0.15) is 11.5 Å². The van der Waals surface area contributed by atoms with Crippen LogP contribution < -0.4 is 14.8 Å². The minimum atomic E-state index is -0.394. The predicted molar refractivity (Wildman–Crippen MR) is 257 cm³/mol. The fraction of sp³-hybridized carbons (Fsp3) is 0.556. The van der Waals surface area contributed by atoms with E-state index in [-0.39, 0.29) is 5.97 Å². The first kappa shape index (κ1) is 50.2. The molecule has 4 aromatic rings. The van der Waals surface area contributed by atoms with Gasteiger partial charge in [0.25, 0.3) is 0 Å². The standard InChI is InChI=1S/C27H39NO3.C23H33NO.C4H6O2/c1-6-28(16-15-26(29)30-5)19-20-7-8-22-18-25(12-9-21(22)17-20)31-24-13-10-23(11-14-24)27(2,3)4;1-5-24-16-17-6-7-19-15-22(11-8-18(19)14-17)25-21-12-9-20(10-13-21)23(2,3)4;1-3-4(5)6-2/h7-9,12,17-18,23-24H,6,10-11,13-16,19H2,1-5H3;6-8,11,14-15,20-21,24H,5,9-10,12-13,16H2,1-4H3;3H,1H2,2H3. The zero-order valence-electron chi connectivity index (χ0n) is 39.8. The third-order valence-corrected chi connectivity index (χ3v) is 12.8. The Hall–Kier alpha value is -4.40. The zero-order valence-corrected chi connectivity index (χ0v) is 39.8. The van der Waals surface area contributed by atoms with Gasteiger partial charge in [0.15, 0.2) is 0 Å². The van der Waals surface area contributed by atoms with E-state index in [1.165, 1.54) is 85.4 Å². The number of hydrogen-bond donors (Lipinski definition) is 1. The van der Waals surface area contributed by atoms with Gasteiger partial charge in [0.2, 0.25) is 0 Å². The SMILES string of the molecule is C=CC(=O)OC.CCN(CCC(=O)OC)Cc1ccc2cc(OC3CCC(C(C)(C)C)CC3)ccc2c1.CCNCc1ccc2cc(OC3CCC(C(C)(C)C)CC3)ccc2c1. The Morgan fingerprint density at radius 1 is 0.661 bits per heavy atom. The molecule has 0 bridgehead atoms. The molecule has 340 valence electrons. The first-order valence-electron chi connectivity index (χ1n) is 23.1. The molecule has 2 aliphatic rings. The molecule has 8 nitrogen and oxygen atoms in total. The number of nitrogens with one attached hydrogen (secondary N) is 1. The van der Waals surface area contributed by atoms with Gasteiger partial charge in [0, 0.05) is 25.7 Å². The third-order valence-electron chi connectivity index (χ3n) is 12.8. The molecule has 0 amide bonds. The van der Waals surface area contributed by atoms with E-state index in [0.29, 0.717) is 36.0 Å². The average Bonchev–Trinajstić information content (AvgIpc) is 3.26. The summed E-state index contributed by atoms with van der Waals surface area (Å²) in [7, 11) is 2.75. The van der Waals surface area contributed by atoms with Gasteiger partial charge in [-0.2, -0.15) is 0 Å². The van der Waals surface area contributed by atoms with E-state index in [2.05, 4.69) is 150 Å². The molecule has 8 heteroatoms. The second kappa shape index (κ2) is 24.4. The summed E-state index contributed by atoms with van der Waals surface area (Å²) in [6.45, 7) is 26.0. The fourth-order valence-electron chi connectivity index (χ4n) is 8.69. The summed E-state index contributed by atoms with van der Waals surface area (Å²) >= 11 is 0. The van der Waals surface area contributed by atoms with E-state index >= 15 is 0 Å². The Morgan fingerprint density at radius 2 is 1.11 bits per heavy atom. The Morgan fingerprint density at radius 3 is 1.52 bits per heavy atom. The van der Waals surface area contributed by atoms with E-state index in [1.807, 2.05) is 0 Å². The number of hydrogen-bond acceptors (Lipinski definition) is 8. The van der Waals surface area contributed by atoms with Crippen molar-refractivity contribution in [2.45, 2.75) is 138 Å². The molecule has 2 fully saturated rings. The Balaban J connectivity index is 0.000000245. The molecule has 4 aromatic carbocycles. The van der Waals surface area contributed by atoms with Gasteiger partial charge in [-0.1, -0.05) is 98.4 Å². The number of carbonyl (C=O) groups excluding carboxylic acids is 2. The highest BCUT2D eigenvalue weighted by atomic mass is 16.5. The smallest absolute Gasteiger partial charge is 0.329 e. The molecule has 0 aromatic heterocycles. The summed E-state index contributed by atoms with van der Waals surface area (Å²) in [5, 5.41) is 8.38. The minimum absolute atomic E-state index is 0.156. The Labute approximate surface area is 374 Å². The molecule has 0 radical (unpaired) electrons. The number of rotatable bonds is 14. The monoisotopic (exact) mass is 851 g/mol. The topological polar surface area (TPSA) is 86.3 Å². The van der Waals surface area contributed by atoms with Gasteiger partial charge < -0.3 is 24.3 Å². The van der Waals surface area contributed by atoms with E-state index in [4.69, 9.17) is 14.2 Å². The van der Waals surface area contributed by atoms with Crippen molar-refractivity contribution < 1.29 is 28.5 Å². The zero-order chi connectivity index (χ0) is 45.3. The van der Waals surface area contributed by atoms with Crippen LogP contribution in [0.15, 0.2) is 85.5 Å². The highest BCUT2D eigenvalue weighted by Gasteiger charge is 2.31. The van der Waals surface area contributed by atoms with Crippen molar-refractivity contribution in [3.8, 4) is 11.5 Å². The number of fused-ring (bicyclic) bond motifs is 2. The van der Waals surface area contributed by atoms with Crippen LogP contribution in [0.25, 0.3) is 21.5 Å². The molecule has 62 heavy (non-hydrogen) atoms. The molecule has 0 aliphatic heterocycles. The van der Waals surface area contributed by atoms with Crippen molar-refractivity contribution in [3.63, 3.8) is 0 Å². The maximum Gasteiger partial charge on any atom is 0.329 e. The van der Waals surface area contributed by atoms with Gasteiger partial charge >= 0.3 is 11.9 Å². The maximum atomic E-state index is 11.4. The maximum absolute atomic E-state index is 11.4. The van der Waals surface area contributed by atoms with Crippen molar-refractivity contribution in [1.29, 1.82) is 0 Å². The van der Waals surface area contributed by atoms with Crippen LogP contribution in [0.1, 0.15) is 124 Å². The third kappa shape index (κ3) is 16.4. The van der Waals surface area contributed by atoms with Gasteiger partial charge in [-0.3, -0.25) is 9.69 Å². The largest absolute Gasteiger partial charge is 0.490 e. The summed E-state index contributed by atoms with van der Waals surface area (Å²) in [5.74, 6) is 3.09. The van der Waals surface area contributed by atoms with Crippen LogP contribution in [0, 0.1) is 22.7 Å². The molecule has 6 rings (SSSR count). The lowest BCUT2D eigenvalue weighted by molar-refractivity contribution is -0.141. The molecule has 0 spiro atoms. The lowest BCUT2D eigenvalue weighted by atomic mass is 9.72. The van der Waals surface area contributed by atoms with Crippen LogP contribution in [0.4, 0.5) is 0 Å². The van der Waals surface area contributed by atoms with Gasteiger partial charge in [-0.05, 0) is 156 Å². The molecular formula is C54H78N2O6. The van der Waals surface area contributed by atoms with Crippen LogP contribution in [0.2, 0.25) is 0 Å². The number of benzene rings is 4. The second-order valence-corrected chi connectivity index (χ2v) is 19.3. The summed E-state index contributed by atoms with van der Waals surface area (Å²) < 4.78 is 21.6. The van der Waals surface area contributed by atoms with Crippen molar-refractivity contribution in [2.75, 3.05) is 33.9 Å². The molecule has 0 saturated heterocycles. The Kier molecular flexibility index (Phi) is 19.8. The van der Waals surface area contributed by atoms with E-state index in [9.17, 15) is 9.59 Å². The minimum Gasteiger partial charge on any atom is -0.490 e. The van der Waals surface area contributed by atoms with Gasteiger partial charge in [-0.15, -0.1) is 0 Å². The van der Waals surface area contributed by atoms with Crippen LogP contribution in [-0.4, -0.2) is 62.9 Å². The van der Waals surface area contributed by atoms with Crippen LogP contribution in [0.3, 0.4) is 0 Å². The molecular weight excluding hydrogens is 773 g/mol.